The number of ether oxygens (including phenoxy) is 1. The molecule has 0 spiro atoms. The fourth-order valence-electron chi connectivity index (χ4n) is 3.32. The molecule has 0 unspecified atom stereocenters. The minimum absolute atomic E-state index is 0.0435. The van der Waals surface area contributed by atoms with E-state index in [0.717, 1.165) is 30.0 Å². The normalized spacial score (nSPS) is 14.7. The van der Waals surface area contributed by atoms with Crippen molar-refractivity contribution in [1.29, 1.82) is 0 Å². The maximum absolute atomic E-state index is 12.8. The number of fused-ring (bicyclic) bond motifs is 1. The number of methoxy groups -OCH3 is 1. The van der Waals surface area contributed by atoms with Crippen LogP contribution in [0.25, 0.3) is 11.1 Å². The average molecular weight is 351 g/mol. The largest absolute Gasteiger partial charge is 0.497 e. The van der Waals surface area contributed by atoms with Gasteiger partial charge in [-0.15, -0.1) is 0 Å². The molecule has 0 radical (unpaired) electrons. The molecule has 0 aliphatic carbocycles. The first kappa shape index (κ1) is 16.4. The van der Waals surface area contributed by atoms with Crippen LogP contribution >= 0.6 is 0 Å². The molecule has 134 valence electrons. The Balaban J connectivity index is 1.43. The molecule has 0 bridgehead atoms. The predicted molar refractivity (Wildman–Crippen MR) is 99.9 cm³/mol. The predicted octanol–water partition coefficient (Wildman–Crippen LogP) is 3.11. The first-order chi connectivity index (χ1) is 12.6. The van der Waals surface area contributed by atoms with E-state index in [0.29, 0.717) is 30.1 Å². The lowest BCUT2D eigenvalue weighted by molar-refractivity contribution is 0.0747. The number of hydrogen-bond acceptors (Lipinski definition) is 5. The number of amides is 1. The van der Waals surface area contributed by atoms with E-state index in [9.17, 15) is 4.79 Å². The third kappa shape index (κ3) is 3.10. The summed E-state index contributed by atoms with van der Waals surface area (Å²) in [5.74, 6) is 1.50. The van der Waals surface area contributed by atoms with Crippen molar-refractivity contribution in [3.8, 4) is 5.75 Å². The lowest BCUT2D eigenvalue weighted by atomic mass is 10.1. The third-order valence-corrected chi connectivity index (χ3v) is 4.75. The second-order valence-electron chi connectivity index (χ2n) is 6.39. The number of rotatable bonds is 3. The number of hydrogen-bond donors (Lipinski definition) is 0. The summed E-state index contributed by atoms with van der Waals surface area (Å²) in [6, 6.07) is 13.5. The Hall–Kier alpha value is -3.02. The number of piperazine rings is 1. The van der Waals surface area contributed by atoms with Gasteiger partial charge in [0.15, 0.2) is 11.5 Å². The van der Waals surface area contributed by atoms with Gasteiger partial charge in [0, 0.05) is 44.4 Å². The summed E-state index contributed by atoms with van der Waals surface area (Å²) in [7, 11) is 1.66. The molecule has 1 saturated heterocycles. The van der Waals surface area contributed by atoms with Gasteiger partial charge in [-0.05, 0) is 42.5 Å². The Kier molecular flexibility index (Phi) is 4.24. The van der Waals surface area contributed by atoms with E-state index >= 15 is 0 Å². The van der Waals surface area contributed by atoms with Gasteiger partial charge in [0.1, 0.15) is 11.3 Å². The highest BCUT2D eigenvalue weighted by molar-refractivity contribution is 5.97. The number of anilines is 1. The van der Waals surface area contributed by atoms with E-state index in [1.807, 2.05) is 35.2 Å². The van der Waals surface area contributed by atoms with E-state index in [2.05, 4.69) is 22.0 Å². The zero-order valence-electron chi connectivity index (χ0n) is 14.9. The summed E-state index contributed by atoms with van der Waals surface area (Å²) in [6.07, 6.45) is 0. The van der Waals surface area contributed by atoms with Crippen LogP contribution in [0.2, 0.25) is 0 Å². The van der Waals surface area contributed by atoms with Gasteiger partial charge in [-0.25, -0.2) is 4.98 Å². The van der Waals surface area contributed by atoms with Crippen molar-refractivity contribution in [2.45, 2.75) is 6.92 Å². The lowest BCUT2D eigenvalue weighted by Crippen LogP contribution is -2.48. The molecule has 2 heterocycles. The van der Waals surface area contributed by atoms with Crippen molar-refractivity contribution in [3.63, 3.8) is 0 Å². The molecule has 0 saturated carbocycles. The number of nitrogens with zero attached hydrogens (tertiary/aromatic N) is 3. The van der Waals surface area contributed by atoms with Gasteiger partial charge in [-0.2, -0.15) is 0 Å². The first-order valence-corrected chi connectivity index (χ1v) is 8.69. The van der Waals surface area contributed by atoms with Gasteiger partial charge in [0.2, 0.25) is 0 Å². The van der Waals surface area contributed by atoms with E-state index in [1.165, 1.54) is 0 Å². The van der Waals surface area contributed by atoms with Crippen LogP contribution in [-0.2, 0) is 0 Å². The summed E-state index contributed by atoms with van der Waals surface area (Å²) in [4.78, 5) is 21.3. The van der Waals surface area contributed by atoms with Gasteiger partial charge >= 0.3 is 0 Å². The van der Waals surface area contributed by atoms with Crippen LogP contribution in [0.5, 0.6) is 5.75 Å². The van der Waals surface area contributed by atoms with E-state index in [4.69, 9.17) is 9.15 Å². The topological polar surface area (TPSA) is 58.8 Å². The fourth-order valence-corrected chi connectivity index (χ4v) is 3.32. The molecule has 6 nitrogen and oxygen atoms in total. The van der Waals surface area contributed by atoms with E-state index in [1.54, 1.807) is 14.0 Å². The van der Waals surface area contributed by atoms with Crippen molar-refractivity contribution in [2.75, 3.05) is 38.2 Å². The lowest BCUT2D eigenvalue weighted by Gasteiger charge is -2.36. The number of aryl methyl sites for hydroxylation is 1. The Bertz CT molecular complexity index is 925. The highest BCUT2D eigenvalue weighted by Gasteiger charge is 2.23. The Morgan fingerprint density at radius 1 is 1.08 bits per heavy atom. The summed E-state index contributed by atoms with van der Waals surface area (Å²) >= 11 is 0. The molecule has 0 N–H and O–H groups in total. The molecule has 1 amide bonds. The number of carbonyl (C=O) groups excluding carboxylic acids is 1. The molecular weight excluding hydrogens is 330 g/mol. The summed E-state index contributed by atoms with van der Waals surface area (Å²) in [5.41, 5.74) is 3.25. The van der Waals surface area contributed by atoms with Gasteiger partial charge in [0.05, 0.1) is 7.11 Å². The van der Waals surface area contributed by atoms with E-state index < -0.39 is 0 Å². The molecule has 3 aromatic rings. The zero-order valence-corrected chi connectivity index (χ0v) is 14.9. The summed E-state index contributed by atoms with van der Waals surface area (Å²) < 4.78 is 10.7. The Labute approximate surface area is 152 Å². The Morgan fingerprint density at radius 3 is 2.50 bits per heavy atom. The van der Waals surface area contributed by atoms with Crippen molar-refractivity contribution in [3.05, 3.63) is 53.9 Å². The second-order valence-corrected chi connectivity index (χ2v) is 6.39. The number of benzene rings is 2. The second kappa shape index (κ2) is 6.71. The summed E-state index contributed by atoms with van der Waals surface area (Å²) in [6.45, 7) is 4.81. The molecular formula is C20H21N3O3. The Morgan fingerprint density at radius 2 is 1.81 bits per heavy atom. The van der Waals surface area contributed by atoms with Gasteiger partial charge < -0.3 is 19.0 Å². The highest BCUT2D eigenvalue weighted by atomic mass is 16.5. The monoisotopic (exact) mass is 351 g/mol. The van der Waals surface area contributed by atoms with E-state index in [-0.39, 0.29) is 5.91 Å². The SMILES string of the molecule is COc1ccc(N2CCN(C(=O)c3ccc4oc(C)nc4c3)CC2)cc1. The number of oxazole rings is 1. The smallest absolute Gasteiger partial charge is 0.254 e. The van der Waals surface area contributed by atoms with Crippen molar-refractivity contribution in [1.82, 2.24) is 9.88 Å². The molecule has 1 aliphatic rings. The minimum Gasteiger partial charge on any atom is -0.497 e. The van der Waals surface area contributed by atoms with Crippen molar-refractivity contribution in [2.24, 2.45) is 0 Å². The van der Waals surface area contributed by atoms with Gasteiger partial charge in [0.25, 0.3) is 5.91 Å². The van der Waals surface area contributed by atoms with Crippen LogP contribution in [0.4, 0.5) is 5.69 Å². The molecule has 1 fully saturated rings. The quantitative estimate of drug-likeness (QED) is 0.726. The van der Waals surface area contributed by atoms with Gasteiger partial charge in [-0.1, -0.05) is 0 Å². The van der Waals surface area contributed by atoms with Crippen LogP contribution in [-0.4, -0.2) is 49.1 Å². The van der Waals surface area contributed by atoms with Crippen molar-refractivity contribution >= 4 is 22.7 Å². The van der Waals surface area contributed by atoms with Crippen LogP contribution < -0.4 is 9.64 Å². The molecule has 1 aliphatic heterocycles. The van der Waals surface area contributed by atoms with Crippen LogP contribution in [0.1, 0.15) is 16.2 Å². The zero-order chi connectivity index (χ0) is 18.1. The van der Waals surface area contributed by atoms with Crippen LogP contribution in [0.3, 0.4) is 0 Å². The highest BCUT2D eigenvalue weighted by Crippen LogP contribution is 2.22. The molecule has 2 aromatic carbocycles. The number of carbonyl (C=O) groups is 1. The summed E-state index contributed by atoms with van der Waals surface area (Å²) in [5, 5.41) is 0. The number of aromatic nitrogens is 1. The molecule has 26 heavy (non-hydrogen) atoms. The van der Waals surface area contributed by atoms with Gasteiger partial charge in [-0.3, -0.25) is 4.79 Å². The van der Waals surface area contributed by atoms with Crippen LogP contribution in [0.15, 0.2) is 46.9 Å². The van der Waals surface area contributed by atoms with Crippen molar-refractivity contribution < 1.29 is 13.9 Å². The minimum atomic E-state index is 0.0435. The third-order valence-electron chi connectivity index (χ3n) is 4.75. The maximum Gasteiger partial charge on any atom is 0.254 e. The maximum atomic E-state index is 12.8. The average Bonchev–Trinajstić information content (AvgIpc) is 3.07. The molecule has 0 atom stereocenters. The molecule has 1 aromatic heterocycles. The molecule has 6 heteroatoms. The van der Waals surface area contributed by atoms with Crippen LogP contribution in [0, 0.1) is 6.92 Å². The standard InChI is InChI=1S/C20H21N3O3/c1-14-21-18-13-15(3-8-19(18)26-14)20(24)23-11-9-22(10-12-23)16-4-6-17(25-2)7-5-16/h3-8,13H,9-12H2,1-2H3. The fraction of sp³-hybridized carbons (Fsp3) is 0.300. The molecule has 4 rings (SSSR count). The first-order valence-electron chi connectivity index (χ1n) is 8.69.